The lowest BCUT2D eigenvalue weighted by Crippen LogP contribution is -2.29. The minimum Gasteiger partial charge on any atom is -0.396 e. The van der Waals surface area contributed by atoms with Crippen LogP contribution >= 0.6 is 11.6 Å². The summed E-state index contributed by atoms with van der Waals surface area (Å²) in [6.07, 6.45) is 3.05. The van der Waals surface area contributed by atoms with E-state index < -0.39 is 0 Å². The van der Waals surface area contributed by atoms with Crippen LogP contribution in [-0.4, -0.2) is 40.6 Å². The van der Waals surface area contributed by atoms with Gasteiger partial charge >= 0.3 is 0 Å². The summed E-state index contributed by atoms with van der Waals surface area (Å²) in [6.45, 7) is 1.52. The minimum atomic E-state index is -0.116. The van der Waals surface area contributed by atoms with E-state index in [1.54, 1.807) is 4.90 Å². The predicted molar refractivity (Wildman–Crippen MR) is 69.4 cm³/mol. The van der Waals surface area contributed by atoms with E-state index >= 15 is 0 Å². The van der Waals surface area contributed by atoms with Crippen LogP contribution in [0, 0.1) is 5.92 Å². The average molecular weight is 270 g/mol. The van der Waals surface area contributed by atoms with E-state index in [0.29, 0.717) is 29.6 Å². The Morgan fingerprint density at radius 2 is 2.44 bits per heavy atom. The van der Waals surface area contributed by atoms with Crippen molar-refractivity contribution in [3.8, 4) is 0 Å². The van der Waals surface area contributed by atoms with Gasteiger partial charge in [0.05, 0.1) is 10.6 Å². The maximum atomic E-state index is 12.3. The third-order valence-corrected chi connectivity index (χ3v) is 3.52. The van der Waals surface area contributed by atoms with Gasteiger partial charge in [-0.25, -0.2) is 4.98 Å². The van der Waals surface area contributed by atoms with Crippen LogP contribution in [0.1, 0.15) is 23.2 Å². The summed E-state index contributed by atoms with van der Waals surface area (Å²) in [7, 11) is 0. The number of anilines is 1. The molecule has 1 aliphatic rings. The van der Waals surface area contributed by atoms with E-state index in [9.17, 15) is 4.79 Å². The molecule has 0 aliphatic carbocycles. The summed E-state index contributed by atoms with van der Waals surface area (Å²) >= 11 is 5.96. The van der Waals surface area contributed by atoms with Crippen LogP contribution in [0.3, 0.4) is 0 Å². The van der Waals surface area contributed by atoms with Gasteiger partial charge in [0.2, 0.25) is 0 Å². The van der Waals surface area contributed by atoms with Crippen molar-refractivity contribution in [1.29, 1.82) is 0 Å². The van der Waals surface area contributed by atoms with Crippen molar-refractivity contribution in [2.45, 2.75) is 12.8 Å². The molecule has 1 aliphatic heterocycles. The Kier molecular flexibility index (Phi) is 4.04. The first-order valence-electron chi connectivity index (χ1n) is 5.93. The summed E-state index contributed by atoms with van der Waals surface area (Å²) in [4.78, 5) is 17.9. The van der Waals surface area contributed by atoms with Crippen molar-refractivity contribution in [1.82, 2.24) is 9.88 Å². The molecule has 18 heavy (non-hydrogen) atoms. The second-order valence-electron chi connectivity index (χ2n) is 4.51. The molecule has 0 aromatic carbocycles. The molecule has 0 spiro atoms. The summed E-state index contributed by atoms with van der Waals surface area (Å²) in [5.41, 5.74) is 5.96. The van der Waals surface area contributed by atoms with Gasteiger partial charge in [0, 0.05) is 25.9 Å². The fraction of sp³-hybridized carbons (Fsp3) is 0.500. The van der Waals surface area contributed by atoms with Crippen LogP contribution in [0.4, 0.5) is 5.82 Å². The van der Waals surface area contributed by atoms with E-state index in [1.807, 2.05) is 0 Å². The van der Waals surface area contributed by atoms with Crippen molar-refractivity contribution in [2.24, 2.45) is 5.92 Å². The van der Waals surface area contributed by atoms with E-state index in [0.717, 1.165) is 12.8 Å². The van der Waals surface area contributed by atoms with Crippen LogP contribution in [0.15, 0.2) is 12.3 Å². The molecule has 5 nitrogen and oxygen atoms in total. The Balaban J connectivity index is 2.10. The number of nitrogen functional groups attached to an aromatic ring is 1. The SMILES string of the molecule is Nc1cc(C(=O)N2CCC(CCO)C2)c(Cl)cn1. The zero-order valence-electron chi connectivity index (χ0n) is 9.97. The summed E-state index contributed by atoms with van der Waals surface area (Å²) in [6, 6.07) is 1.50. The van der Waals surface area contributed by atoms with E-state index in [-0.39, 0.29) is 18.3 Å². The Morgan fingerprint density at radius 1 is 1.67 bits per heavy atom. The fourth-order valence-electron chi connectivity index (χ4n) is 2.22. The topological polar surface area (TPSA) is 79.5 Å². The number of likely N-dealkylation sites (tertiary alicyclic amines) is 1. The maximum Gasteiger partial charge on any atom is 0.255 e. The third kappa shape index (κ3) is 2.73. The number of pyridine rings is 1. The largest absolute Gasteiger partial charge is 0.396 e. The van der Waals surface area contributed by atoms with E-state index in [1.165, 1.54) is 12.3 Å². The number of amides is 1. The molecule has 1 unspecified atom stereocenters. The number of aromatic nitrogens is 1. The molecule has 0 radical (unpaired) electrons. The van der Waals surface area contributed by atoms with Gasteiger partial charge in [-0.1, -0.05) is 11.6 Å². The van der Waals surface area contributed by atoms with Crippen LogP contribution < -0.4 is 5.73 Å². The molecule has 0 bridgehead atoms. The number of rotatable bonds is 3. The number of halogens is 1. The Labute approximate surface area is 111 Å². The van der Waals surface area contributed by atoms with Crippen molar-refractivity contribution < 1.29 is 9.90 Å². The van der Waals surface area contributed by atoms with Crippen molar-refractivity contribution in [3.63, 3.8) is 0 Å². The second kappa shape index (κ2) is 5.54. The highest BCUT2D eigenvalue weighted by atomic mass is 35.5. The smallest absolute Gasteiger partial charge is 0.255 e. The molecule has 3 N–H and O–H groups in total. The Bertz CT molecular complexity index is 453. The van der Waals surface area contributed by atoms with Crippen LogP contribution in [0.2, 0.25) is 5.02 Å². The zero-order chi connectivity index (χ0) is 13.1. The quantitative estimate of drug-likeness (QED) is 0.863. The molecule has 2 heterocycles. The highest BCUT2D eigenvalue weighted by molar-refractivity contribution is 6.33. The van der Waals surface area contributed by atoms with Gasteiger partial charge in [-0.3, -0.25) is 4.79 Å². The first-order valence-corrected chi connectivity index (χ1v) is 6.30. The molecule has 2 rings (SSSR count). The predicted octanol–water partition coefficient (Wildman–Crippen LogP) is 1.16. The van der Waals surface area contributed by atoms with Gasteiger partial charge in [-0.05, 0) is 24.8 Å². The number of aliphatic hydroxyl groups is 1. The standard InChI is InChI=1S/C12H16ClN3O2/c13-10-6-15-11(14)5-9(10)12(18)16-3-1-8(7-16)2-4-17/h5-6,8,17H,1-4,7H2,(H2,14,15). The number of nitrogens with zero attached hydrogens (tertiary/aromatic N) is 2. The molecule has 0 saturated carbocycles. The molecular formula is C12H16ClN3O2. The lowest BCUT2D eigenvalue weighted by atomic mass is 10.1. The van der Waals surface area contributed by atoms with E-state index in [4.69, 9.17) is 22.4 Å². The highest BCUT2D eigenvalue weighted by Gasteiger charge is 2.27. The lowest BCUT2D eigenvalue weighted by Gasteiger charge is -2.17. The van der Waals surface area contributed by atoms with Gasteiger partial charge in [0.15, 0.2) is 0 Å². The summed E-state index contributed by atoms with van der Waals surface area (Å²) in [5.74, 6) is 0.542. The molecule has 1 saturated heterocycles. The van der Waals surface area contributed by atoms with Crippen LogP contribution in [0.5, 0.6) is 0 Å². The number of hydrogen-bond donors (Lipinski definition) is 2. The third-order valence-electron chi connectivity index (χ3n) is 3.22. The van der Waals surface area contributed by atoms with Gasteiger partial charge < -0.3 is 15.7 Å². The average Bonchev–Trinajstić information content (AvgIpc) is 2.80. The molecule has 6 heteroatoms. The number of carbonyl (C=O) groups is 1. The molecule has 1 fully saturated rings. The van der Waals surface area contributed by atoms with Crippen LogP contribution in [-0.2, 0) is 0 Å². The molecular weight excluding hydrogens is 254 g/mol. The monoisotopic (exact) mass is 269 g/mol. The first-order chi connectivity index (χ1) is 8.61. The fourth-order valence-corrected chi connectivity index (χ4v) is 2.41. The molecule has 98 valence electrons. The van der Waals surface area contributed by atoms with Gasteiger partial charge in [-0.2, -0.15) is 0 Å². The van der Waals surface area contributed by atoms with Crippen molar-refractivity contribution in [2.75, 3.05) is 25.4 Å². The van der Waals surface area contributed by atoms with Gasteiger partial charge in [0.1, 0.15) is 5.82 Å². The molecule has 1 aromatic heterocycles. The number of hydrogen-bond acceptors (Lipinski definition) is 4. The van der Waals surface area contributed by atoms with Crippen LogP contribution in [0.25, 0.3) is 0 Å². The number of carbonyl (C=O) groups excluding carboxylic acids is 1. The van der Waals surface area contributed by atoms with Crippen molar-refractivity contribution >= 4 is 23.3 Å². The zero-order valence-corrected chi connectivity index (χ0v) is 10.7. The highest BCUT2D eigenvalue weighted by Crippen LogP contribution is 2.24. The normalized spacial score (nSPS) is 19.2. The number of nitrogens with two attached hydrogens (primary N) is 1. The van der Waals surface area contributed by atoms with Crippen molar-refractivity contribution in [3.05, 3.63) is 22.8 Å². The second-order valence-corrected chi connectivity index (χ2v) is 4.91. The Hall–Kier alpha value is -1.33. The maximum absolute atomic E-state index is 12.3. The lowest BCUT2D eigenvalue weighted by molar-refractivity contribution is 0.0785. The number of aliphatic hydroxyl groups excluding tert-OH is 1. The Morgan fingerprint density at radius 3 is 3.17 bits per heavy atom. The van der Waals surface area contributed by atoms with E-state index in [2.05, 4.69) is 4.98 Å². The summed E-state index contributed by atoms with van der Waals surface area (Å²) < 4.78 is 0. The minimum absolute atomic E-state index is 0.116. The van der Waals surface area contributed by atoms with Gasteiger partial charge in [0.25, 0.3) is 5.91 Å². The molecule has 1 amide bonds. The molecule has 1 aromatic rings. The summed E-state index contributed by atoms with van der Waals surface area (Å²) in [5, 5.41) is 9.22. The first kappa shape index (κ1) is 13.1. The molecule has 1 atom stereocenters. The van der Waals surface area contributed by atoms with Gasteiger partial charge in [-0.15, -0.1) is 0 Å².